The molecular formula is C46H80O14P2. The van der Waals surface area contributed by atoms with Crippen LogP contribution in [-0.2, 0) is 46.5 Å². The van der Waals surface area contributed by atoms with Crippen LogP contribution in [0.5, 0.6) is 0 Å². The molecule has 1 heterocycles. The molecule has 16 heteroatoms. The van der Waals surface area contributed by atoms with Crippen LogP contribution in [0, 0.1) is 0 Å². The van der Waals surface area contributed by atoms with Gasteiger partial charge in [-0.3, -0.25) is 23.2 Å². The molecule has 0 spiro atoms. The van der Waals surface area contributed by atoms with Gasteiger partial charge in [-0.15, -0.1) is 0 Å². The van der Waals surface area contributed by atoms with Gasteiger partial charge in [-0.05, 0) is 77.0 Å². The van der Waals surface area contributed by atoms with Crippen molar-refractivity contribution in [3.05, 3.63) is 60.8 Å². The average molecular weight is 919 g/mol. The Morgan fingerprint density at radius 3 is 1.69 bits per heavy atom. The number of carbonyl (C=O) groups is 2. The molecule has 0 bridgehead atoms. The van der Waals surface area contributed by atoms with E-state index in [-0.39, 0.29) is 12.8 Å². The smallest absolute Gasteiger partial charge is 0.462 e. The number of rotatable bonds is 42. The summed E-state index contributed by atoms with van der Waals surface area (Å²) in [5, 5.41) is 9.76. The number of ether oxygens (including phenoxy) is 3. The first kappa shape index (κ1) is 57.8. The Morgan fingerprint density at radius 2 is 1.06 bits per heavy atom. The van der Waals surface area contributed by atoms with Gasteiger partial charge in [0.15, 0.2) is 6.10 Å². The Labute approximate surface area is 372 Å². The van der Waals surface area contributed by atoms with Gasteiger partial charge in [0.05, 0.1) is 32.0 Å². The van der Waals surface area contributed by atoms with E-state index in [0.717, 1.165) is 77.0 Å². The predicted molar refractivity (Wildman–Crippen MR) is 243 cm³/mol. The average Bonchev–Trinajstić information content (AvgIpc) is 3.99. The molecule has 1 aliphatic rings. The minimum absolute atomic E-state index is 0.106. The number of unbranched alkanes of at least 4 members (excludes halogenated alkanes) is 13. The highest BCUT2D eigenvalue weighted by atomic mass is 31.2. The minimum Gasteiger partial charge on any atom is -0.462 e. The number of phosphoric acid groups is 2. The van der Waals surface area contributed by atoms with E-state index in [1.54, 1.807) is 0 Å². The number of aliphatic hydroxyl groups is 1. The van der Waals surface area contributed by atoms with Gasteiger partial charge in [0, 0.05) is 12.8 Å². The van der Waals surface area contributed by atoms with E-state index in [0.29, 0.717) is 31.5 Å². The van der Waals surface area contributed by atoms with Gasteiger partial charge in [0.1, 0.15) is 12.7 Å². The van der Waals surface area contributed by atoms with Gasteiger partial charge in [-0.1, -0.05) is 139 Å². The molecule has 0 aromatic carbocycles. The molecule has 1 fully saturated rings. The van der Waals surface area contributed by atoms with Crippen molar-refractivity contribution in [3.63, 3.8) is 0 Å². The number of esters is 2. The highest BCUT2D eigenvalue weighted by Crippen LogP contribution is 2.44. The Morgan fingerprint density at radius 1 is 0.565 bits per heavy atom. The number of carbonyl (C=O) groups excluding carboxylic acids is 2. The van der Waals surface area contributed by atoms with Gasteiger partial charge >= 0.3 is 27.6 Å². The standard InChI is InChI=1S/C46H80O14P2/c1-3-5-7-8-9-10-11-12-13-14-15-16-17-22-25-28-32-36-46(49)59-42(40-58-62(53,54)57-38-41(47)37-56-61(50,51)52)39-55-45(48)35-31-27-24-21-19-18-20-23-26-30-34-44-43(60-44)33-29-6-4-2/h9-10,12-13,18,20-21,24,26,30,41-44,47H,3-8,11,14-17,19,22-23,25,27-29,31-40H2,1-2H3,(H,53,54)(H2,50,51,52)/b10-9-,13-12-,20-18-,24-21-,30-26-/t41-,42+,43?,44?/m0/s1. The zero-order valence-corrected chi connectivity index (χ0v) is 39.4. The van der Waals surface area contributed by atoms with E-state index in [1.165, 1.54) is 44.9 Å². The molecule has 0 aromatic heterocycles. The number of epoxide rings is 1. The molecule has 0 radical (unpaired) electrons. The Hall–Kier alpha value is -2.22. The van der Waals surface area contributed by atoms with Crippen molar-refractivity contribution < 1.29 is 66.3 Å². The fourth-order valence-electron chi connectivity index (χ4n) is 6.17. The minimum atomic E-state index is -4.87. The Kier molecular flexibility index (Phi) is 35.5. The number of hydrogen-bond acceptors (Lipinski definition) is 11. The van der Waals surface area contributed by atoms with E-state index in [9.17, 15) is 28.7 Å². The molecule has 5 atom stereocenters. The molecule has 1 saturated heterocycles. The second-order valence-electron chi connectivity index (χ2n) is 15.7. The van der Waals surface area contributed by atoms with Gasteiger partial charge in [-0.2, -0.15) is 0 Å². The monoisotopic (exact) mass is 919 g/mol. The fraction of sp³-hybridized carbons (Fsp3) is 0.739. The van der Waals surface area contributed by atoms with Crippen LogP contribution in [0.1, 0.15) is 168 Å². The number of hydrogen-bond donors (Lipinski definition) is 4. The maximum atomic E-state index is 12.7. The maximum absolute atomic E-state index is 12.7. The van der Waals surface area contributed by atoms with Crippen molar-refractivity contribution in [2.45, 2.75) is 192 Å². The molecule has 0 aliphatic carbocycles. The summed E-state index contributed by atoms with van der Waals surface area (Å²) in [6, 6.07) is 0. The van der Waals surface area contributed by atoms with Crippen LogP contribution in [-0.4, -0.2) is 82.6 Å². The lowest BCUT2D eigenvalue weighted by Crippen LogP contribution is -2.30. The van der Waals surface area contributed by atoms with E-state index >= 15 is 0 Å². The van der Waals surface area contributed by atoms with Crippen molar-refractivity contribution in [1.29, 1.82) is 0 Å². The van der Waals surface area contributed by atoms with Crippen molar-refractivity contribution in [2.24, 2.45) is 0 Å². The number of phosphoric ester groups is 2. The lowest BCUT2D eigenvalue weighted by Gasteiger charge is -2.20. The zero-order chi connectivity index (χ0) is 45.6. The zero-order valence-electron chi connectivity index (χ0n) is 37.6. The second-order valence-corrected chi connectivity index (χ2v) is 18.4. The molecule has 3 unspecified atom stereocenters. The van der Waals surface area contributed by atoms with E-state index in [2.05, 4.69) is 71.5 Å². The van der Waals surface area contributed by atoms with Crippen LogP contribution in [0.25, 0.3) is 0 Å². The van der Waals surface area contributed by atoms with Crippen molar-refractivity contribution >= 4 is 27.6 Å². The molecule has 358 valence electrons. The predicted octanol–water partition coefficient (Wildman–Crippen LogP) is 11.0. The topological polar surface area (TPSA) is 208 Å². The SMILES string of the molecule is CCCCC/C=C\C/C=C\CCCCCCCCCC(=O)O[C@H](COC(=O)CCC/C=C\C/C=C\C/C=C\CC1OC1CCCCC)COP(=O)(O)OC[C@@H](O)COP(=O)(O)O. The van der Waals surface area contributed by atoms with Crippen molar-refractivity contribution in [2.75, 3.05) is 26.4 Å². The summed E-state index contributed by atoms with van der Waals surface area (Å²) in [6.07, 6.45) is 42.4. The first-order chi connectivity index (χ1) is 29.8. The lowest BCUT2D eigenvalue weighted by molar-refractivity contribution is -0.161. The molecule has 0 aromatic rings. The molecule has 0 amide bonds. The summed E-state index contributed by atoms with van der Waals surface area (Å²) in [7, 11) is -9.70. The van der Waals surface area contributed by atoms with Gasteiger partial charge in [0.25, 0.3) is 0 Å². The molecule has 4 N–H and O–H groups in total. The fourth-order valence-corrected chi connectivity index (χ4v) is 7.33. The third-order valence-electron chi connectivity index (χ3n) is 9.79. The Bertz CT molecular complexity index is 1390. The third-order valence-corrected chi connectivity index (χ3v) is 11.2. The summed E-state index contributed by atoms with van der Waals surface area (Å²) in [5.41, 5.74) is 0. The van der Waals surface area contributed by atoms with E-state index in [1.807, 2.05) is 12.2 Å². The maximum Gasteiger partial charge on any atom is 0.472 e. The molecule has 14 nitrogen and oxygen atoms in total. The first-order valence-corrected chi connectivity index (χ1v) is 26.1. The highest BCUT2D eigenvalue weighted by Gasteiger charge is 2.36. The second kappa shape index (κ2) is 38.1. The molecule has 1 aliphatic heterocycles. The number of allylic oxidation sites excluding steroid dienone is 9. The summed E-state index contributed by atoms with van der Waals surface area (Å²) < 4.78 is 53.5. The van der Waals surface area contributed by atoms with Crippen molar-refractivity contribution in [3.8, 4) is 0 Å². The van der Waals surface area contributed by atoms with Crippen LogP contribution in [0.15, 0.2) is 60.8 Å². The van der Waals surface area contributed by atoms with Gasteiger partial charge in [0.2, 0.25) is 0 Å². The van der Waals surface area contributed by atoms with Crippen LogP contribution in [0.3, 0.4) is 0 Å². The summed E-state index contributed by atoms with van der Waals surface area (Å²) in [4.78, 5) is 52.8. The summed E-state index contributed by atoms with van der Waals surface area (Å²) in [5.74, 6) is -1.11. The molecular weight excluding hydrogens is 838 g/mol. The number of aliphatic hydroxyl groups excluding tert-OH is 1. The van der Waals surface area contributed by atoms with Gasteiger partial charge in [-0.25, -0.2) is 9.13 Å². The molecule has 62 heavy (non-hydrogen) atoms. The normalized spacial score (nSPS) is 17.8. The van der Waals surface area contributed by atoms with Crippen LogP contribution < -0.4 is 0 Å². The van der Waals surface area contributed by atoms with E-state index < -0.39 is 66.2 Å². The lowest BCUT2D eigenvalue weighted by atomic mass is 10.1. The van der Waals surface area contributed by atoms with Crippen molar-refractivity contribution in [1.82, 2.24) is 0 Å². The summed E-state index contributed by atoms with van der Waals surface area (Å²) in [6.45, 7) is 1.63. The van der Waals surface area contributed by atoms with Crippen LogP contribution in [0.4, 0.5) is 0 Å². The van der Waals surface area contributed by atoms with Crippen LogP contribution >= 0.6 is 15.6 Å². The largest absolute Gasteiger partial charge is 0.472 e. The summed E-state index contributed by atoms with van der Waals surface area (Å²) >= 11 is 0. The molecule has 1 rings (SSSR count). The molecule has 0 saturated carbocycles. The van der Waals surface area contributed by atoms with Crippen LogP contribution in [0.2, 0.25) is 0 Å². The third kappa shape index (κ3) is 38.3. The first-order valence-electron chi connectivity index (χ1n) is 23.1. The van der Waals surface area contributed by atoms with Gasteiger partial charge < -0.3 is 34.0 Å². The quantitative estimate of drug-likeness (QED) is 0.0148. The highest BCUT2D eigenvalue weighted by molar-refractivity contribution is 7.47. The van der Waals surface area contributed by atoms with E-state index in [4.69, 9.17) is 28.5 Å². The Balaban J connectivity index is 2.38.